The van der Waals surface area contributed by atoms with Crippen LogP contribution in [0.15, 0.2) is 11.8 Å². The Morgan fingerprint density at radius 2 is 2.14 bits per heavy atom. The predicted octanol–water partition coefficient (Wildman–Crippen LogP) is 1.66. The second kappa shape index (κ2) is 3.39. The summed E-state index contributed by atoms with van der Waals surface area (Å²) in [6.07, 6.45) is 1.54. The lowest BCUT2D eigenvalue weighted by molar-refractivity contribution is -0.121. The molecule has 0 saturated carbocycles. The molecule has 0 heterocycles. The first-order valence-corrected chi connectivity index (χ1v) is 4.91. The minimum absolute atomic E-state index is 0.0640. The number of carbonyl (C=O) groups is 1. The van der Waals surface area contributed by atoms with Crippen molar-refractivity contribution in [2.75, 3.05) is 6.61 Å². The van der Waals surface area contributed by atoms with E-state index in [-0.39, 0.29) is 17.6 Å². The summed E-state index contributed by atoms with van der Waals surface area (Å²) < 4.78 is 5.31. The molecule has 1 atom stereocenters. The molecule has 3 nitrogen and oxygen atoms in total. The van der Waals surface area contributed by atoms with E-state index in [2.05, 4.69) is 0 Å². The van der Waals surface area contributed by atoms with Crippen molar-refractivity contribution in [1.29, 1.82) is 0 Å². The van der Waals surface area contributed by atoms with Gasteiger partial charge in [-0.1, -0.05) is 20.8 Å². The zero-order valence-corrected chi connectivity index (χ0v) is 9.26. The molecular weight excluding hydrogens is 180 g/mol. The molecule has 80 valence electrons. The first-order chi connectivity index (χ1) is 6.31. The molecule has 1 unspecified atom stereocenters. The molecule has 0 radical (unpaired) electrons. The largest absolute Gasteiger partial charge is 0.495 e. The van der Waals surface area contributed by atoms with Crippen LogP contribution in [-0.4, -0.2) is 23.1 Å². The third-order valence-electron chi connectivity index (χ3n) is 2.67. The Morgan fingerprint density at radius 1 is 1.57 bits per heavy atom. The fourth-order valence-electron chi connectivity index (χ4n) is 1.61. The summed E-state index contributed by atoms with van der Waals surface area (Å²) in [5.41, 5.74) is -1.53. The molecule has 0 spiro atoms. The van der Waals surface area contributed by atoms with Crippen LogP contribution in [0.25, 0.3) is 0 Å². The molecule has 0 fully saturated rings. The first-order valence-electron chi connectivity index (χ1n) is 4.91. The Kier molecular flexibility index (Phi) is 2.72. The maximum Gasteiger partial charge on any atom is 0.162 e. The summed E-state index contributed by atoms with van der Waals surface area (Å²) in [5.74, 6) is 0.350. The number of allylic oxidation sites excluding steroid dienone is 1. The number of hydrogen-bond donors (Lipinski definition) is 1. The molecular formula is C11H18O3. The van der Waals surface area contributed by atoms with Gasteiger partial charge in [0.25, 0.3) is 0 Å². The molecule has 0 amide bonds. The Bertz CT molecular complexity index is 273. The summed E-state index contributed by atoms with van der Waals surface area (Å²) in [6, 6.07) is 0. The van der Waals surface area contributed by atoms with Crippen LogP contribution in [0.4, 0.5) is 0 Å². The minimum Gasteiger partial charge on any atom is -0.495 e. The van der Waals surface area contributed by atoms with E-state index >= 15 is 0 Å². The average Bonchev–Trinajstić information content (AvgIpc) is 2.27. The summed E-state index contributed by atoms with van der Waals surface area (Å²) in [4.78, 5) is 11.3. The van der Waals surface area contributed by atoms with Crippen molar-refractivity contribution in [3.63, 3.8) is 0 Å². The van der Waals surface area contributed by atoms with E-state index in [4.69, 9.17) is 4.74 Å². The van der Waals surface area contributed by atoms with Gasteiger partial charge in [0.2, 0.25) is 0 Å². The van der Waals surface area contributed by atoms with Crippen molar-refractivity contribution in [2.45, 2.75) is 39.7 Å². The van der Waals surface area contributed by atoms with E-state index in [0.717, 1.165) is 0 Å². The molecule has 0 aromatic carbocycles. The number of aliphatic hydroxyl groups is 1. The molecule has 0 aliphatic heterocycles. The van der Waals surface area contributed by atoms with Crippen LogP contribution in [0.3, 0.4) is 0 Å². The fraction of sp³-hybridized carbons (Fsp3) is 0.727. The van der Waals surface area contributed by atoms with Crippen LogP contribution >= 0.6 is 0 Å². The van der Waals surface area contributed by atoms with Crippen LogP contribution in [-0.2, 0) is 9.53 Å². The summed E-state index contributed by atoms with van der Waals surface area (Å²) in [7, 11) is 0. The average molecular weight is 198 g/mol. The van der Waals surface area contributed by atoms with Gasteiger partial charge in [-0.15, -0.1) is 0 Å². The maximum atomic E-state index is 11.3. The monoisotopic (exact) mass is 198 g/mol. The Balaban J connectivity index is 3.00. The highest BCUT2D eigenvalue weighted by Crippen LogP contribution is 2.43. The van der Waals surface area contributed by atoms with Gasteiger partial charge in [-0.2, -0.15) is 0 Å². The highest BCUT2D eigenvalue weighted by atomic mass is 16.5. The maximum absolute atomic E-state index is 11.3. The molecule has 0 bridgehead atoms. The van der Waals surface area contributed by atoms with E-state index in [9.17, 15) is 9.90 Å². The Labute approximate surface area is 84.8 Å². The Morgan fingerprint density at radius 3 is 2.57 bits per heavy atom. The third-order valence-corrected chi connectivity index (χ3v) is 2.67. The van der Waals surface area contributed by atoms with Gasteiger partial charge in [0.15, 0.2) is 5.78 Å². The van der Waals surface area contributed by atoms with Crippen molar-refractivity contribution in [2.24, 2.45) is 5.41 Å². The molecule has 1 N–H and O–H groups in total. The minimum atomic E-state index is -1.14. The van der Waals surface area contributed by atoms with Crippen molar-refractivity contribution in [3.05, 3.63) is 11.8 Å². The van der Waals surface area contributed by atoms with Crippen LogP contribution < -0.4 is 0 Å². The second-order valence-corrected chi connectivity index (χ2v) is 4.69. The highest BCUT2D eigenvalue weighted by Gasteiger charge is 2.49. The van der Waals surface area contributed by atoms with Gasteiger partial charge in [-0.3, -0.25) is 4.79 Å². The van der Waals surface area contributed by atoms with Gasteiger partial charge < -0.3 is 9.84 Å². The first kappa shape index (κ1) is 11.2. The van der Waals surface area contributed by atoms with Crippen molar-refractivity contribution < 1.29 is 14.6 Å². The van der Waals surface area contributed by atoms with Gasteiger partial charge in [0.1, 0.15) is 11.4 Å². The summed E-state index contributed by atoms with van der Waals surface area (Å²) >= 11 is 0. The molecule has 0 aromatic heterocycles. The van der Waals surface area contributed by atoms with Gasteiger partial charge in [-0.05, 0) is 12.3 Å². The zero-order chi connectivity index (χ0) is 11.0. The van der Waals surface area contributed by atoms with Crippen LogP contribution in [0.2, 0.25) is 0 Å². The van der Waals surface area contributed by atoms with Gasteiger partial charge in [-0.25, -0.2) is 0 Å². The lowest BCUT2D eigenvalue weighted by Gasteiger charge is -2.37. The molecule has 1 rings (SSSR count). The SMILES string of the molecule is CCOC1=CC(=O)CC1(O)C(C)(C)C. The molecule has 14 heavy (non-hydrogen) atoms. The van der Waals surface area contributed by atoms with Gasteiger partial charge >= 0.3 is 0 Å². The van der Waals surface area contributed by atoms with E-state index in [1.807, 2.05) is 27.7 Å². The molecule has 0 saturated heterocycles. The third kappa shape index (κ3) is 1.69. The van der Waals surface area contributed by atoms with Crippen LogP contribution in [0.5, 0.6) is 0 Å². The summed E-state index contributed by atoms with van der Waals surface area (Å²) in [6.45, 7) is 8.01. The standard InChI is InChI=1S/C11H18O3/c1-5-14-9-6-8(12)7-11(9,13)10(2,3)4/h6,13H,5,7H2,1-4H3. The zero-order valence-electron chi connectivity index (χ0n) is 9.26. The number of ether oxygens (including phenoxy) is 1. The lowest BCUT2D eigenvalue weighted by atomic mass is 9.75. The lowest BCUT2D eigenvalue weighted by Crippen LogP contribution is -2.43. The quantitative estimate of drug-likeness (QED) is 0.734. The van der Waals surface area contributed by atoms with Gasteiger partial charge in [0.05, 0.1) is 6.61 Å². The van der Waals surface area contributed by atoms with Crippen molar-refractivity contribution >= 4 is 5.78 Å². The Hall–Kier alpha value is -0.830. The van der Waals surface area contributed by atoms with E-state index < -0.39 is 5.60 Å². The van der Waals surface area contributed by atoms with Crippen LogP contribution in [0.1, 0.15) is 34.1 Å². The van der Waals surface area contributed by atoms with E-state index in [0.29, 0.717) is 12.4 Å². The molecule has 1 aliphatic carbocycles. The smallest absolute Gasteiger partial charge is 0.162 e. The number of rotatable bonds is 2. The molecule has 0 aromatic rings. The number of hydrogen-bond acceptors (Lipinski definition) is 3. The fourth-order valence-corrected chi connectivity index (χ4v) is 1.61. The topological polar surface area (TPSA) is 46.5 Å². The van der Waals surface area contributed by atoms with E-state index in [1.165, 1.54) is 6.08 Å². The van der Waals surface area contributed by atoms with Crippen molar-refractivity contribution in [1.82, 2.24) is 0 Å². The van der Waals surface area contributed by atoms with Crippen LogP contribution in [0, 0.1) is 5.41 Å². The normalized spacial score (nSPS) is 27.8. The van der Waals surface area contributed by atoms with Crippen molar-refractivity contribution in [3.8, 4) is 0 Å². The van der Waals surface area contributed by atoms with Gasteiger partial charge in [0, 0.05) is 12.5 Å². The van der Waals surface area contributed by atoms with E-state index in [1.54, 1.807) is 0 Å². The predicted molar refractivity (Wildman–Crippen MR) is 53.7 cm³/mol. The second-order valence-electron chi connectivity index (χ2n) is 4.69. The number of ketones is 1. The molecule has 3 heteroatoms. The number of carbonyl (C=O) groups excluding carboxylic acids is 1. The highest BCUT2D eigenvalue weighted by molar-refractivity contribution is 5.94. The summed E-state index contributed by atoms with van der Waals surface area (Å²) in [5, 5.41) is 10.4. The molecule has 1 aliphatic rings.